The van der Waals surface area contributed by atoms with Crippen LogP contribution in [0.25, 0.3) is 22.4 Å². The van der Waals surface area contributed by atoms with Crippen LogP contribution in [0.2, 0.25) is 0 Å². The van der Waals surface area contributed by atoms with Crippen LogP contribution in [0.1, 0.15) is 34.5 Å². The number of carbonyl (C=O) groups excluding carboxylic acids is 2. The van der Waals surface area contributed by atoms with Crippen molar-refractivity contribution in [2.45, 2.75) is 26.7 Å². The Hall–Kier alpha value is -4.20. The van der Waals surface area contributed by atoms with Crippen molar-refractivity contribution in [1.82, 2.24) is 10.1 Å². The number of pyridine rings is 1. The molecular formula is C26H24N4O4. The number of fused-ring (bicyclic) bond motifs is 1. The van der Waals surface area contributed by atoms with Gasteiger partial charge >= 0.3 is 0 Å². The third kappa shape index (κ3) is 3.87. The third-order valence-corrected chi connectivity index (χ3v) is 6.01. The van der Waals surface area contributed by atoms with Crippen LogP contribution in [0.3, 0.4) is 0 Å². The third-order valence-electron chi connectivity index (χ3n) is 6.01. The lowest BCUT2D eigenvalue weighted by Gasteiger charge is -2.19. The molecule has 1 aliphatic heterocycles. The molecule has 172 valence electrons. The minimum Gasteiger partial charge on any atom is -0.494 e. The van der Waals surface area contributed by atoms with Crippen molar-refractivity contribution in [2.24, 2.45) is 0 Å². The molecule has 1 aliphatic rings. The Bertz CT molecular complexity index is 1410. The van der Waals surface area contributed by atoms with Gasteiger partial charge in [0.25, 0.3) is 11.6 Å². The number of ether oxygens (including phenoxy) is 1. The van der Waals surface area contributed by atoms with Crippen LogP contribution < -0.4 is 15.0 Å². The molecule has 1 fully saturated rings. The molecule has 0 aliphatic carbocycles. The second-order valence-corrected chi connectivity index (χ2v) is 8.36. The summed E-state index contributed by atoms with van der Waals surface area (Å²) in [5.74, 6) is 0.273. The number of nitrogens with zero attached hydrogens (tertiary/aromatic N) is 3. The summed E-state index contributed by atoms with van der Waals surface area (Å²) in [4.78, 5) is 31.8. The Balaban J connectivity index is 1.50. The predicted octanol–water partition coefficient (Wildman–Crippen LogP) is 4.89. The number of benzene rings is 2. The van der Waals surface area contributed by atoms with E-state index < -0.39 is 0 Å². The normalized spacial score (nSPS) is 13.5. The summed E-state index contributed by atoms with van der Waals surface area (Å²) in [5, 5.41) is 7.52. The lowest BCUT2D eigenvalue weighted by molar-refractivity contribution is -0.117. The molecule has 0 spiro atoms. The van der Waals surface area contributed by atoms with E-state index in [1.54, 1.807) is 43.2 Å². The van der Waals surface area contributed by atoms with Crippen molar-refractivity contribution in [3.63, 3.8) is 0 Å². The molecule has 34 heavy (non-hydrogen) atoms. The van der Waals surface area contributed by atoms with E-state index in [-0.39, 0.29) is 11.8 Å². The van der Waals surface area contributed by atoms with E-state index in [9.17, 15) is 9.59 Å². The maximum atomic E-state index is 13.4. The zero-order valence-electron chi connectivity index (χ0n) is 19.2. The van der Waals surface area contributed by atoms with Crippen LogP contribution in [0, 0.1) is 13.8 Å². The summed E-state index contributed by atoms with van der Waals surface area (Å²) in [5.41, 5.74) is 5.18. The number of rotatable bonds is 5. The van der Waals surface area contributed by atoms with Gasteiger partial charge in [-0.05, 0) is 38.5 Å². The van der Waals surface area contributed by atoms with Gasteiger partial charge in [0, 0.05) is 30.3 Å². The van der Waals surface area contributed by atoms with Gasteiger partial charge in [0.2, 0.25) is 5.91 Å². The van der Waals surface area contributed by atoms with Gasteiger partial charge < -0.3 is 19.5 Å². The number of aromatic nitrogens is 2. The monoisotopic (exact) mass is 456 g/mol. The van der Waals surface area contributed by atoms with Crippen molar-refractivity contribution >= 4 is 34.3 Å². The summed E-state index contributed by atoms with van der Waals surface area (Å²) < 4.78 is 10.9. The molecule has 0 radical (unpaired) electrons. The van der Waals surface area contributed by atoms with Gasteiger partial charge in [-0.3, -0.25) is 9.59 Å². The molecule has 3 heterocycles. The van der Waals surface area contributed by atoms with E-state index in [2.05, 4.69) is 15.5 Å². The first-order chi connectivity index (χ1) is 16.4. The molecule has 0 saturated carbocycles. The molecule has 8 nitrogen and oxygen atoms in total. The number of carbonyl (C=O) groups is 2. The molecule has 2 amide bonds. The van der Waals surface area contributed by atoms with Gasteiger partial charge in [0.15, 0.2) is 0 Å². The molecule has 0 atom stereocenters. The number of hydrogen-bond acceptors (Lipinski definition) is 6. The first-order valence-corrected chi connectivity index (χ1v) is 11.1. The standard InChI is InChI=1S/C26H24N4O4/c1-15-6-8-17(9-7-15)20-14-19(24-16(2)29-34-26(24)28-20)25(32)27-18-10-11-21(22(13-18)33-3)30-12-4-5-23(30)31/h6-11,13-14H,4-5,12H2,1-3H3,(H,27,32). The predicted molar refractivity (Wildman–Crippen MR) is 129 cm³/mol. The van der Waals surface area contributed by atoms with E-state index in [0.717, 1.165) is 17.5 Å². The highest BCUT2D eigenvalue weighted by atomic mass is 16.5. The molecule has 2 aromatic carbocycles. The van der Waals surface area contributed by atoms with Gasteiger partial charge in [-0.25, -0.2) is 4.98 Å². The van der Waals surface area contributed by atoms with E-state index in [1.807, 2.05) is 31.2 Å². The minimum atomic E-state index is -0.320. The number of methoxy groups -OCH3 is 1. The Kier molecular flexibility index (Phi) is 5.49. The van der Waals surface area contributed by atoms with Crippen LogP contribution in [0.15, 0.2) is 53.1 Å². The molecular weight excluding hydrogens is 432 g/mol. The molecule has 1 saturated heterocycles. The zero-order valence-corrected chi connectivity index (χ0v) is 19.2. The van der Waals surface area contributed by atoms with Crippen molar-refractivity contribution in [3.05, 3.63) is 65.4 Å². The Morgan fingerprint density at radius 3 is 2.62 bits per heavy atom. The first-order valence-electron chi connectivity index (χ1n) is 11.1. The average molecular weight is 457 g/mol. The van der Waals surface area contributed by atoms with Gasteiger partial charge in [-0.2, -0.15) is 0 Å². The fourth-order valence-electron chi connectivity index (χ4n) is 4.23. The van der Waals surface area contributed by atoms with Gasteiger partial charge in [-0.1, -0.05) is 35.0 Å². The van der Waals surface area contributed by atoms with Gasteiger partial charge in [-0.15, -0.1) is 0 Å². The lowest BCUT2D eigenvalue weighted by atomic mass is 10.0. The van der Waals surface area contributed by atoms with Crippen LogP contribution in [0.4, 0.5) is 11.4 Å². The highest BCUT2D eigenvalue weighted by molar-refractivity contribution is 6.13. The number of hydrogen-bond donors (Lipinski definition) is 1. The number of anilines is 2. The fraction of sp³-hybridized carbons (Fsp3) is 0.231. The lowest BCUT2D eigenvalue weighted by Crippen LogP contribution is -2.24. The molecule has 8 heteroatoms. The Labute approximate surface area is 196 Å². The molecule has 0 unspecified atom stereocenters. The van der Waals surface area contributed by atoms with Crippen molar-refractivity contribution < 1.29 is 18.8 Å². The molecule has 5 rings (SSSR count). The van der Waals surface area contributed by atoms with Crippen molar-refractivity contribution in [1.29, 1.82) is 0 Å². The maximum absolute atomic E-state index is 13.4. The fourth-order valence-corrected chi connectivity index (χ4v) is 4.23. The first kappa shape index (κ1) is 21.6. The zero-order chi connectivity index (χ0) is 23.8. The van der Waals surface area contributed by atoms with Gasteiger partial charge in [0.1, 0.15) is 5.75 Å². The number of amides is 2. The smallest absolute Gasteiger partial charge is 0.259 e. The highest BCUT2D eigenvalue weighted by Crippen LogP contribution is 2.34. The Morgan fingerprint density at radius 2 is 1.91 bits per heavy atom. The molecule has 4 aromatic rings. The highest BCUT2D eigenvalue weighted by Gasteiger charge is 2.25. The SMILES string of the molecule is COc1cc(NC(=O)c2cc(-c3ccc(C)cc3)nc3onc(C)c23)ccc1N1CCCC1=O. The topological polar surface area (TPSA) is 97.6 Å². The van der Waals surface area contributed by atoms with E-state index in [0.29, 0.717) is 58.1 Å². The summed E-state index contributed by atoms with van der Waals surface area (Å²) in [6.45, 7) is 4.45. The minimum absolute atomic E-state index is 0.0702. The van der Waals surface area contributed by atoms with Crippen LogP contribution in [-0.4, -0.2) is 35.6 Å². The van der Waals surface area contributed by atoms with Crippen LogP contribution >= 0.6 is 0 Å². The molecule has 1 N–H and O–H groups in total. The average Bonchev–Trinajstić information content (AvgIpc) is 3.44. The van der Waals surface area contributed by atoms with Crippen LogP contribution in [0.5, 0.6) is 5.75 Å². The second-order valence-electron chi connectivity index (χ2n) is 8.36. The van der Waals surface area contributed by atoms with Crippen molar-refractivity contribution in [2.75, 3.05) is 23.9 Å². The summed E-state index contributed by atoms with van der Waals surface area (Å²) in [7, 11) is 1.55. The summed E-state index contributed by atoms with van der Waals surface area (Å²) in [6.07, 6.45) is 1.35. The van der Waals surface area contributed by atoms with E-state index in [4.69, 9.17) is 9.26 Å². The van der Waals surface area contributed by atoms with Gasteiger partial charge in [0.05, 0.1) is 35.1 Å². The summed E-state index contributed by atoms with van der Waals surface area (Å²) in [6, 6.07) is 14.9. The number of nitrogens with one attached hydrogen (secondary N) is 1. The number of aryl methyl sites for hydroxylation is 2. The van der Waals surface area contributed by atoms with E-state index in [1.165, 1.54) is 0 Å². The molecule has 0 bridgehead atoms. The maximum Gasteiger partial charge on any atom is 0.259 e. The summed E-state index contributed by atoms with van der Waals surface area (Å²) >= 11 is 0. The van der Waals surface area contributed by atoms with E-state index >= 15 is 0 Å². The Morgan fingerprint density at radius 1 is 1.12 bits per heavy atom. The van der Waals surface area contributed by atoms with Crippen LogP contribution in [-0.2, 0) is 4.79 Å². The largest absolute Gasteiger partial charge is 0.494 e. The quantitative estimate of drug-likeness (QED) is 0.459. The molecule has 2 aromatic heterocycles. The second kappa shape index (κ2) is 8.62. The van der Waals surface area contributed by atoms with Crippen molar-refractivity contribution in [3.8, 4) is 17.0 Å².